The number of nitrogens with one attached hydrogen (secondary N) is 1. The minimum atomic E-state index is -1.44. The van der Waals surface area contributed by atoms with Crippen molar-refractivity contribution in [1.82, 2.24) is 9.97 Å². The van der Waals surface area contributed by atoms with Crippen molar-refractivity contribution < 1.29 is 39.9 Å². The van der Waals surface area contributed by atoms with E-state index in [1.165, 1.54) is 0 Å². The van der Waals surface area contributed by atoms with Gasteiger partial charge < -0.3 is 45.6 Å². The second kappa shape index (κ2) is 18.8. The molecular formula is C56H57N3O8-2. The number of ether oxygens (including phenoxy) is 1. The highest BCUT2D eigenvalue weighted by atomic mass is 16.5. The molecule has 3 aromatic carbocycles. The third-order valence-corrected chi connectivity index (χ3v) is 14.7. The molecule has 11 nitrogen and oxygen atoms in total. The molecule has 5 bridgehead atoms. The molecule has 67 heavy (non-hydrogen) atoms. The predicted molar refractivity (Wildman–Crippen MR) is 255 cm³/mol. The molecule has 346 valence electrons. The molecular weight excluding hydrogens is 843 g/mol. The first-order valence-corrected chi connectivity index (χ1v) is 23.9. The Morgan fingerprint density at radius 2 is 1.75 bits per heavy atom. The highest BCUT2D eigenvalue weighted by Crippen LogP contribution is 2.49. The Balaban J connectivity index is 1.12. The van der Waals surface area contributed by atoms with Crippen LogP contribution in [-0.4, -0.2) is 72.5 Å². The molecule has 11 heteroatoms. The third kappa shape index (κ3) is 9.23. The number of carbonyl (C=O) groups is 2. The highest BCUT2D eigenvalue weighted by molar-refractivity contribution is 6.05. The van der Waals surface area contributed by atoms with Crippen LogP contribution in [0.2, 0.25) is 0 Å². The van der Waals surface area contributed by atoms with Gasteiger partial charge in [0.1, 0.15) is 11.5 Å². The minimum Gasteiger partial charge on any atom is -0.664 e. The molecule has 2 aromatic heterocycles. The van der Waals surface area contributed by atoms with Gasteiger partial charge in [-0.3, -0.25) is 9.59 Å². The van der Waals surface area contributed by atoms with Crippen molar-refractivity contribution in [2.75, 3.05) is 6.61 Å². The Morgan fingerprint density at radius 3 is 2.60 bits per heavy atom. The Bertz CT molecular complexity index is 2820. The number of rotatable bonds is 6. The average molecular weight is 900 g/mol. The van der Waals surface area contributed by atoms with Crippen molar-refractivity contribution in [2.45, 2.75) is 120 Å². The fourth-order valence-corrected chi connectivity index (χ4v) is 11.2. The molecule has 10 rings (SSSR count). The smallest absolute Gasteiger partial charge is 0.161 e. The first-order chi connectivity index (χ1) is 32.5. The van der Waals surface area contributed by atoms with E-state index in [1.807, 2.05) is 54.7 Å². The highest BCUT2D eigenvalue weighted by Gasteiger charge is 2.45. The van der Waals surface area contributed by atoms with Gasteiger partial charge in [0.25, 0.3) is 0 Å². The van der Waals surface area contributed by atoms with Gasteiger partial charge in [-0.05, 0) is 128 Å². The summed E-state index contributed by atoms with van der Waals surface area (Å²) in [6.07, 6.45) is 14.3. The zero-order valence-electron chi connectivity index (χ0n) is 37.6. The standard InChI is InChI=1S/C56H57N3O8/c60-24-19-44-50(63)14-12-34-27-39(53(64)51(28-34)67-41-7-1-2-8-41)26-33-11-13-36-30-40(61)6-4-9-47(59-55-37(17-22-58-55)29-38(36)25-33)45-31-48-43(18-23-57-48)46(52(45)54(44)65)32-56(66)20-15-35-5-3-10-49(62)42(35)16-21-56/h3,5,10-11,13,16-18,21-23,25,27-28,31,40-41,44,46-47,52,58,60-62,64,66H,1-2,6-8,12,14-15,19-20,24,26,29-30,32H2/q-2. The second-order valence-electron chi connectivity index (χ2n) is 19.3. The SMILES string of the molecule is O=C1CCc2cc(c(O)c(OC3CCCC3)c2)Cc2ccc3c(c2)Cc2cc[nH]c2[N-]C(C#CCC(O)C3)C2=Cc3[n-]ccc3C(CC3(O)C=Cc4c(O)cccc4CC3)C2C(=O)C1CCO. The van der Waals surface area contributed by atoms with E-state index in [0.29, 0.717) is 66.1 Å². The van der Waals surface area contributed by atoms with Gasteiger partial charge in [0.05, 0.1) is 23.7 Å². The molecule has 0 saturated heterocycles. The van der Waals surface area contributed by atoms with Gasteiger partial charge in [0.2, 0.25) is 0 Å². The van der Waals surface area contributed by atoms with E-state index in [1.54, 1.807) is 30.5 Å². The number of nitrogens with zero attached hydrogens (tertiary/aromatic N) is 2. The molecule has 6 unspecified atom stereocenters. The summed E-state index contributed by atoms with van der Waals surface area (Å²) in [4.78, 5) is 38.6. The van der Waals surface area contributed by atoms with Crippen molar-refractivity contribution in [2.24, 2.45) is 11.8 Å². The number of H-pyrrole nitrogens is 1. The number of phenols is 2. The number of aromatic nitrogens is 2. The lowest BCUT2D eigenvalue weighted by Crippen LogP contribution is -2.41. The average Bonchev–Trinajstić information content (AvgIpc) is 4.09. The number of fused-ring (bicyclic) bond motifs is 8. The van der Waals surface area contributed by atoms with E-state index < -0.39 is 47.9 Å². The number of aromatic hydroxyl groups is 2. The summed E-state index contributed by atoms with van der Waals surface area (Å²) in [5, 5.41) is 62.6. The summed E-state index contributed by atoms with van der Waals surface area (Å²) in [7, 11) is 0. The first kappa shape index (κ1) is 44.5. The van der Waals surface area contributed by atoms with E-state index in [9.17, 15) is 30.3 Å². The number of carbonyl (C=O) groups excluding carboxylic acids is 2. The molecule has 0 radical (unpaired) electrons. The van der Waals surface area contributed by atoms with Crippen molar-refractivity contribution in [3.63, 3.8) is 0 Å². The molecule has 6 N–H and O–H groups in total. The van der Waals surface area contributed by atoms with Crippen LogP contribution in [0.5, 0.6) is 17.2 Å². The van der Waals surface area contributed by atoms with Crippen molar-refractivity contribution in [3.8, 4) is 29.1 Å². The molecule has 4 heterocycles. The van der Waals surface area contributed by atoms with Crippen molar-refractivity contribution in [1.29, 1.82) is 0 Å². The zero-order chi connectivity index (χ0) is 46.2. The van der Waals surface area contributed by atoms with Crippen LogP contribution in [-0.2, 0) is 41.7 Å². The van der Waals surface area contributed by atoms with Crippen LogP contribution in [0.1, 0.15) is 119 Å². The Kier molecular flexibility index (Phi) is 12.5. The molecule has 0 spiro atoms. The number of hydrogen-bond donors (Lipinski definition) is 6. The fourth-order valence-electron chi connectivity index (χ4n) is 11.2. The van der Waals surface area contributed by atoms with Crippen molar-refractivity contribution in [3.05, 3.63) is 146 Å². The summed E-state index contributed by atoms with van der Waals surface area (Å²) in [6.45, 7) is -0.406. The first-order valence-electron chi connectivity index (χ1n) is 23.9. The topological polar surface area (TPSA) is 189 Å². The second-order valence-corrected chi connectivity index (χ2v) is 19.3. The molecule has 0 amide bonds. The minimum absolute atomic E-state index is 0.00624. The summed E-state index contributed by atoms with van der Waals surface area (Å²) in [6, 6.07) is 18.2. The summed E-state index contributed by atoms with van der Waals surface area (Å²) < 4.78 is 6.46. The van der Waals surface area contributed by atoms with E-state index in [-0.39, 0.29) is 55.5 Å². The Labute approximate surface area is 391 Å². The zero-order valence-corrected chi connectivity index (χ0v) is 37.6. The lowest BCUT2D eigenvalue weighted by molar-refractivity contribution is -0.135. The van der Waals surface area contributed by atoms with Gasteiger partial charge in [0, 0.05) is 49.0 Å². The maximum absolute atomic E-state index is 15.8. The maximum Gasteiger partial charge on any atom is 0.161 e. The van der Waals surface area contributed by atoms with Crippen LogP contribution in [0, 0.1) is 23.7 Å². The molecule has 1 fully saturated rings. The predicted octanol–water partition coefficient (Wildman–Crippen LogP) is 8.23. The number of benzene rings is 3. The quantitative estimate of drug-likeness (QED) is 0.0721. The summed E-state index contributed by atoms with van der Waals surface area (Å²) >= 11 is 0. The lowest BCUT2D eigenvalue weighted by Gasteiger charge is -2.42. The van der Waals surface area contributed by atoms with Gasteiger partial charge >= 0.3 is 0 Å². The number of hydrogen-bond acceptors (Lipinski definition) is 8. The van der Waals surface area contributed by atoms with Crippen LogP contribution in [0.3, 0.4) is 0 Å². The van der Waals surface area contributed by atoms with Gasteiger partial charge in [-0.1, -0.05) is 90.3 Å². The van der Waals surface area contributed by atoms with Gasteiger partial charge in [-0.25, -0.2) is 0 Å². The van der Waals surface area contributed by atoms with Gasteiger partial charge in [-0.2, -0.15) is 6.20 Å². The third-order valence-electron chi connectivity index (χ3n) is 14.7. The van der Waals surface area contributed by atoms with Crippen LogP contribution < -0.4 is 9.72 Å². The number of aliphatic hydroxyl groups is 3. The molecule has 3 aliphatic carbocycles. The fraction of sp³-hybridized carbons (Fsp3) is 0.393. The summed E-state index contributed by atoms with van der Waals surface area (Å²) in [5.74, 6) is 4.07. The van der Waals surface area contributed by atoms with E-state index in [0.717, 1.165) is 64.6 Å². The van der Waals surface area contributed by atoms with E-state index >= 15 is 4.79 Å². The number of phenolic OH excluding ortho intramolecular Hbond substituents is 2. The number of aryl methyl sites for hydroxylation is 2. The lowest BCUT2D eigenvalue weighted by atomic mass is 9.65. The maximum atomic E-state index is 15.8. The molecule has 2 aliphatic heterocycles. The number of ketones is 2. The number of Topliss-reactive ketones (excluding diaryl/α,β-unsaturated/α-hetero) is 2. The monoisotopic (exact) mass is 899 g/mol. The van der Waals surface area contributed by atoms with Crippen LogP contribution in [0.25, 0.3) is 17.5 Å². The Hall–Kier alpha value is -6.32. The number of aromatic amines is 1. The van der Waals surface area contributed by atoms with Gasteiger partial charge in [-0.15, -0.1) is 11.6 Å². The van der Waals surface area contributed by atoms with Crippen LogP contribution in [0.4, 0.5) is 5.82 Å². The van der Waals surface area contributed by atoms with Crippen LogP contribution in [0.15, 0.2) is 84.7 Å². The molecule has 6 atom stereocenters. The van der Waals surface area contributed by atoms with Crippen LogP contribution >= 0.6 is 0 Å². The van der Waals surface area contributed by atoms with E-state index in [2.05, 4.69) is 22.9 Å². The molecule has 5 aromatic rings. The largest absolute Gasteiger partial charge is 0.664 e. The van der Waals surface area contributed by atoms with Gasteiger partial charge in [0.15, 0.2) is 17.3 Å². The molecule has 1 saturated carbocycles. The number of aliphatic hydroxyl groups excluding tert-OH is 2. The molecule has 5 aliphatic rings. The van der Waals surface area contributed by atoms with Crippen molar-refractivity contribution >= 4 is 29.5 Å². The summed E-state index contributed by atoms with van der Waals surface area (Å²) in [5.41, 5.74) is 7.24. The normalized spacial score (nSPS) is 25.2. The van der Waals surface area contributed by atoms with E-state index in [4.69, 9.17) is 15.0 Å². The Morgan fingerprint density at radius 1 is 0.896 bits per heavy atom.